The molecule has 3 aliphatic carbocycles. The maximum absolute atomic E-state index is 4.01. The highest BCUT2D eigenvalue weighted by atomic mass is 14.8. The third-order valence-electron chi connectivity index (χ3n) is 4.22. The molecule has 0 aliphatic heterocycles. The zero-order valence-corrected chi connectivity index (χ0v) is 7.27. The van der Waals surface area contributed by atoms with Crippen LogP contribution >= 0.6 is 0 Å². The summed E-state index contributed by atoms with van der Waals surface area (Å²) in [6.45, 7) is 6.19. The fourth-order valence-electron chi connectivity index (χ4n) is 3.61. The van der Waals surface area contributed by atoms with Crippen molar-refractivity contribution >= 4 is 0 Å². The van der Waals surface area contributed by atoms with Crippen LogP contribution in [0.15, 0.2) is 12.2 Å². The fraction of sp³-hybridized carbons (Fsp3) is 0.818. The molecule has 4 atom stereocenters. The molecule has 0 aromatic carbocycles. The number of allylic oxidation sites excluding steroid dienone is 1. The molecule has 3 aliphatic rings. The van der Waals surface area contributed by atoms with Gasteiger partial charge in [0.2, 0.25) is 0 Å². The van der Waals surface area contributed by atoms with E-state index in [0.29, 0.717) is 0 Å². The third-order valence-corrected chi connectivity index (χ3v) is 4.22. The van der Waals surface area contributed by atoms with Crippen molar-refractivity contribution in [1.82, 2.24) is 0 Å². The highest BCUT2D eigenvalue weighted by Gasteiger charge is 2.76. The lowest BCUT2D eigenvalue weighted by atomic mass is 9.93. The molecule has 0 aromatic heterocycles. The average molecular weight is 148 g/mol. The van der Waals surface area contributed by atoms with Gasteiger partial charge in [0.05, 0.1) is 0 Å². The number of rotatable bonds is 2. The van der Waals surface area contributed by atoms with E-state index >= 15 is 0 Å². The third kappa shape index (κ3) is 0.660. The Labute approximate surface area is 68.7 Å². The predicted octanol–water partition coefficient (Wildman–Crippen LogP) is 3.00. The highest BCUT2D eigenvalue weighted by Crippen LogP contribution is 2.84. The van der Waals surface area contributed by atoms with E-state index in [9.17, 15) is 0 Å². The molecule has 0 radical (unpaired) electrons. The zero-order valence-electron chi connectivity index (χ0n) is 7.27. The van der Waals surface area contributed by atoms with Crippen molar-refractivity contribution in [3.63, 3.8) is 0 Å². The first kappa shape index (κ1) is 6.28. The van der Waals surface area contributed by atoms with Gasteiger partial charge in [0.25, 0.3) is 0 Å². The molecule has 0 heterocycles. The van der Waals surface area contributed by atoms with Crippen LogP contribution in [0.2, 0.25) is 0 Å². The summed E-state index contributed by atoms with van der Waals surface area (Å²) in [6.07, 6.45) is 6.03. The van der Waals surface area contributed by atoms with E-state index in [1.54, 1.807) is 12.8 Å². The average Bonchev–Trinajstić information content (AvgIpc) is 2.72. The zero-order chi connectivity index (χ0) is 7.64. The van der Waals surface area contributed by atoms with Crippen LogP contribution in [0.1, 0.15) is 32.6 Å². The Hall–Kier alpha value is -0.260. The first-order valence-electron chi connectivity index (χ1n) is 4.87. The van der Waals surface area contributed by atoms with Crippen LogP contribution < -0.4 is 0 Å². The summed E-state index contributed by atoms with van der Waals surface area (Å²) in [5.41, 5.74) is 2.35. The second-order valence-corrected chi connectivity index (χ2v) is 5.10. The van der Waals surface area contributed by atoms with Crippen LogP contribution in [0.3, 0.4) is 0 Å². The topological polar surface area (TPSA) is 0 Å². The maximum atomic E-state index is 4.01. The van der Waals surface area contributed by atoms with Gasteiger partial charge < -0.3 is 0 Å². The summed E-state index contributed by atoms with van der Waals surface area (Å²) in [4.78, 5) is 0. The summed E-state index contributed by atoms with van der Waals surface area (Å²) in [5, 5.41) is 0. The van der Waals surface area contributed by atoms with E-state index in [-0.39, 0.29) is 0 Å². The van der Waals surface area contributed by atoms with Gasteiger partial charge in [0.1, 0.15) is 0 Å². The van der Waals surface area contributed by atoms with Crippen molar-refractivity contribution in [1.29, 1.82) is 0 Å². The molecule has 0 N–H and O–H groups in total. The second-order valence-electron chi connectivity index (χ2n) is 5.10. The van der Waals surface area contributed by atoms with Crippen LogP contribution in [-0.2, 0) is 0 Å². The second kappa shape index (κ2) is 1.57. The largest absolute Gasteiger partial charge is 0.100 e. The van der Waals surface area contributed by atoms with Crippen molar-refractivity contribution < 1.29 is 0 Å². The lowest BCUT2D eigenvalue weighted by Gasteiger charge is -2.12. The van der Waals surface area contributed by atoms with Gasteiger partial charge >= 0.3 is 0 Å². The summed E-state index contributed by atoms with van der Waals surface area (Å²) in [6, 6.07) is 0. The molecule has 4 unspecified atom stereocenters. The Kier molecular flexibility index (Phi) is 0.898. The first-order valence-corrected chi connectivity index (χ1v) is 4.87. The molecule has 0 nitrogen and oxygen atoms in total. The van der Waals surface area contributed by atoms with Crippen molar-refractivity contribution in [2.24, 2.45) is 23.2 Å². The van der Waals surface area contributed by atoms with E-state index in [1.165, 1.54) is 18.4 Å². The minimum atomic E-state index is 0.945. The lowest BCUT2D eigenvalue weighted by Crippen LogP contribution is -2.01. The van der Waals surface area contributed by atoms with Crippen molar-refractivity contribution in [3.8, 4) is 0 Å². The van der Waals surface area contributed by atoms with E-state index < -0.39 is 0 Å². The molecule has 1 spiro atoms. The quantitative estimate of drug-likeness (QED) is 0.528. The van der Waals surface area contributed by atoms with Crippen LogP contribution in [0, 0.1) is 23.2 Å². The van der Waals surface area contributed by atoms with Crippen molar-refractivity contribution in [2.45, 2.75) is 32.6 Å². The Balaban J connectivity index is 1.70. The van der Waals surface area contributed by atoms with Gasteiger partial charge in [0.15, 0.2) is 0 Å². The van der Waals surface area contributed by atoms with Crippen LogP contribution in [0.25, 0.3) is 0 Å². The molecule has 0 amide bonds. The molecule has 11 heavy (non-hydrogen) atoms. The van der Waals surface area contributed by atoms with Crippen molar-refractivity contribution in [2.75, 3.05) is 0 Å². The Morgan fingerprint density at radius 2 is 2.36 bits per heavy atom. The maximum Gasteiger partial charge on any atom is -0.0232 e. The predicted molar refractivity (Wildman–Crippen MR) is 46.2 cm³/mol. The smallest absolute Gasteiger partial charge is 0.0232 e. The normalized spacial score (nSPS) is 56.6. The van der Waals surface area contributed by atoms with Gasteiger partial charge in [0, 0.05) is 0 Å². The molecule has 3 saturated carbocycles. The van der Waals surface area contributed by atoms with Gasteiger partial charge in [-0.1, -0.05) is 5.57 Å². The standard InChI is InChI=1S/C11H16/c1-7(2)3-8-4-9-5-11(9)6-10(8)11/h8-10H,1,3-6H2,2H3. The number of hydrogen-bond donors (Lipinski definition) is 0. The molecule has 0 saturated heterocycles. The molecule has 0 bridgehead atoms. The molecular weight excluding hydrogens is 132 g/mol. The first-order chi connectivity index (χ1) is 5.22. The van der Waals surface area contributed by atoms with Crippen LogP contribution in [-0.4, -0.2) is 0 Å². The molecule has 0 heteroatoms. The van der Waals surface area contributed by atoms with Crippen molar-refractivity contribution in [3.05, 3.63) is 12.2 Å². The molecule has 3 fully saturated rings. The van der Waals surface area contributed by atoms with E-state index in [1.807, 2.05) is 0 Å². The SMILES string of the molecule is C=C(C)CC1CC2CC23CC13. The van der Waals surface area contributed by atoms with Gasteiger partial charge in [-0.05, 0) is 55.8 Å². The van der Waals surface area contributed by atoms with E-state index in [2.05, 4.69) is 13.5 Å². The fourth-order valence-corrected chi connectivity index (χ4v) is 3.61. The molecule has 0 aromatic rings. The summed E-state index contributed by atoms with van der Waals surface area (Å²) < 4.78 is 0. The summed E-state index contributed by atoms with van der Waals surface area (Å²) in [7, 11) is 0. The monoisotopic (exact) mass is 148 g/mol. The molecular formula is C11H16. The van der Waals surface area contributed by atoms with Crippen LogP contribution in [0.4, 0.5) is 0 Å². The minimum absolute atomic E-state index is 0.945. The Morgan fingerprint density at radius 1 is 1.55 bits per heavy atom. The van der Waals surface area contributed by atoms with Crippen LogP contribution in [0.5, 0.6) is 0 Å². The van der Waals surface area contributed by atoms with Gasteiger partial charge in [-0.25, -0.2) is 0 Å². The molecule has 3 rings (SSSR count). The summed E-state index contributed by atoms with van der Waals surface area (Å²) in [5.74, 6) is 3.35. The number of hydrogen-bond acceptors (Lipinski definition) is 0. The van der Waals surface area contributed by atoms with E-state index in [0.717, 1.165) is 23.2 Å². The van der Waals surface area contributed by atoms with E-state index in [4.69, 9.17) is 0 Å². The summed E-state index contributed by atoms with van der Waals surface area (Å²) >= 11 is 0. The lowest BCUT2D eigenvalue weighted by molar-refractivity contribution is 0.439. The minimum Gasteiger partial charge on any atom is -0.100 e. The molecule has 60 valence electrons. The highest BCUT2D eigenvalue weighted by molar-refractivity contribution is 5.25. The van der Waals surface area contributed by atoms with Gasteiger partial charge in [-0.15, -0.1) is 6.58 Å². The Bertz CT molecular complexity index is 228. The van der Waals surface area contributed by atoms with Gasteiger partial charge in [-0.2, -0.15) is 0 Å². The Morgan fingerprint density at radius 3 is 2.82 bits per heavy atom. The van der Waals surface area contributed by atoms with Gasteiger partial charge in [-0.3, -0.25) is 0 Å².